The zero-order chi connectivity index (χ0) is 26.2. The van der Waals surface area contributed by atoms with Crippen molar-refractivity contribution in [3.05, 3.63) is 78.1 Å². The van der Waals surface area contributed by atoms with Crippen molar-refractivity contribution in [1.29, 1.82) is 0 Å². The van der Waals surface area contributed by atoms with E-state index in [1.54, 1.807) is 20.3 Å². The molecule has 0 aliphatic carbocycles. The Morgan fingerprint density at radius 1 is 0.919 bits per heavy atom. The lowest BCUT2D eigenvalue weighted by Crippen LogP contribution is -2.30. The first-order valence-corrected chi connectivity index (χ1v) is 12.3. The summed E-state index contributed by atoms with van der Waals surface area (Å²) >= 11 is 0. The van der Waals surface area contributed by atoms with Gasteiger partial charge in [0.1, 0.15) is 12.4 Å². The number of ether oxygens (including phenoxy) is 4. The van der Waals surface area contributed by atoms with Crippen LogP contribution < -0.4 is 24.3 Å². The van der Waals surface area contributed by atoms with Crippen LogP contribution in [0.25, 0.3) is 11.0 Å². The minimum absolute atomic E-state index is 0.111. The third-order valence-corrected chi connectivity index (χ3v) is 5.98. The van der Waals surface area contributed by atoms with Crippen LogP contribution in [0.2, 0.25) is 0 Å². The third kappa shape index (κ3) is 6.14. The van der Waals surface area contributed by atoms with Crippen molar-refractivity contribution in [2.45, 2.75) is 32.9 Å². The number of carbonyl (C=O) groups is 1. The van der Waals surface area contributed by atoms with Crippen LogP contribution in [-0.4, -0.2) is 42.9 Å². The van der Waals surface area contributed by atoms with Gasteiger partial charge in [0.2, 0.25) is 5.91 Å². The van der Waals surface area contributed by atoms with Crippen molar-refractivity contribution in [2.24, 2.45) is 0 Å². The summed E-state index contributed by atoms with van der Waals surface area (Å²) in [6.45, 7) is 5.43. The Kier molecular flexibility index (Phi) is 8.51. The monoisotopic (exact) mass is 503 g/mol. The molecule has 0 bridgehead atoms. The van der Waals surface area contributed by atoms with Crippen LogP contribution >= 0.6 is 0 Å². The largest absolute Gasteiger partial charge is 0.493 e. The summed E-state index contributed by atoms with van der Waals surface area (Å²) in [5, 5.41) is 3.09. The fourth-order valence-corrected chi connectivity index (χ4v) is 4.28. The Bertz CT molecular complexity index is 1350. The molecular weight excluding hydrogens is 470 g/mol. The molecule has 8 heteroatoms. The molecule has 1 N–H and O–H groups in total. The number of imidazole rings is 1. The summed E-state index contributed by atoms with van der Waals surface area (Å²) in [6.07, 6.45) is 0.211. The van der Waals surface area contributed by atoms with E-state index in [1.165, 1.54) is 0 Å². The number of aromatic nitrogens is 2. The number of fused-ring (bicyclic) bond motifs is 1. The molecule has 1 unspecified atom stereocenters. The van der Waals surface area contributed by atoms with Gasteiger partial charge in [-0.1, -0.05) is 30.3 Å². The maximum Gasteiger partial charge on any atom is 0.224 e. The number of nitrogens with one attached hydrogen (secondary N) is 1. The van der Waals surface area contributed by atoms with Gasteiger partial charge in [-0.3, -0.25) is 4.79 Å². The second kappa shape index (κ2) is 12.2. The van der Waals surface area contributed by atoms with Gasteiger partial charge < -0.3 is 28.8 Å². The van der Waals surface area contributed by atoms with E-state index in [1.807, 2.05) is 74.5 Å². The van der Waals surface area contributed by atoms with Crippen molar-refractivity contribution in [2.75, 3.05) is 27.4 Å². The van der Waals surface area contributed by atoms with E-state index < -0.39 is 0 Å². The SMILES string of the molecule is CCOc1ccccc1OCCn1c(C(C)NC(=O)Cc2ccc(OC)c(OC)c2)nc2ccccc21. The quantitative estimate of drug-likeness (QED) is 0.295. The molecule has 1 amide bonds. The van der Waals surface area contributed by atoms with E-state index in [0.29, 0.717) is 37.0 Å². The minimum Gasteiger partial charge on any atom is -0.493 e. The fourth-order valence-electron chi connectivity index (χ4n) is 4.28. The lowest BCUT2D eigenvalue weighted by Gasteiger charge is -2.17. The first kappa shape index (κ1) is 25.9. The highest BCUT2D eigenvalue weighted by atomic mass is 16.5. The predicted octanol–water partition coefficient (Wildman–Crippen LogP) is 4.95. The molecule has 4 aromatic rings. The molecule has 0 aliphatic heterocycles. The first-order valence-electron chi connectivity index (χ1n) is 12.3. The van der Waals surface area contributed by atoms with Gasteiger partial charge >= 0.3 is 0 Å². The van der Waals surface area contributed by atoms with Crippen LogP contribution in [0, 0.1) is 0 Å². The van der Waals surface area contributed by atoms with Gasteiger partial charge in [-0.05, 0) is 55.8 Å². The number of amides is 1. The van der Waals surface area contributed by atoms with Crippen molar-refractivity contribution in [1.82, 2.24) is 14.9 Å². The molecular formula is C29H33N3O5. The van der Waals surface area contributed by atoms with E-state index in [9.17, 15) is 4.79 Å². The highest BCUT2D eigenvalue weighted by Crippen LogP contribution is 2.29. The summed E-state index contributed by atoms with van der Waals surface area (Å²) in [5.74, 6) is 3.29. The number of methoxy groups -OCH3 is 2. The standard InChI is InChI=1S/C29H33N3O5/c1-5-36-25-12-8-9-13-26(25)37-17-16-32-23-11-7-6-10-22(23)31-29(32)20(2)30-28(33)19-21-14-15-24(34-3)27(18-21)35-4/h6-15,18,20H,5,16-17,19H2,1-4H3,(H,30,33). The van der Waals surface area contributed by atoms with Crippen LogP contribution in [0.1, 0.15) is 31.3 Å². The average molecular weight is 504 g/mol. The number of rotatable bonds is 12. The molecule has 0 saturated carbocycles. The van der Waals surface area contributed by atoms with Gasteiger partial charge in [-0.25, -0.2) is 4.98 Å². The number of hydrogen-bond acceptors (Lipinski definition) is 6. The Morgan fingerprint density at radius 3 is 2.35 bits per heavy atom. The molecule has 1 aromatic heterocycles. The second-order valence-electron chi connectivity index (χ2n) is 8.49. The molecule has 0 radical (unpaired) electrons. The van der Waals surface area contributed by atoms with Gasteiger partial charge in [0.25, 0.3) is 0 Å². The summed E-state index contributed by atoms with van der Waals surface area (Å²) in [6, 6.07) is 20.7. The lowest BCUT2D eigenvalue weighted by molar-refractivity contribution is -0.121. The number of benzene rings is 3. The summed E-state index contributed by atoms with van der Waals surface area (Å²) in [5.41, 5.74) is 2.69. The van der Waals surface area contributed by atoms with Gasteiger partial charge in [0.15, 0.2) is 23.0 Å². The summed E-state index contributed by atoms with van der Waals surface area (Å²) in [7, 11) is 3.16. The molecule has 4 rings (SSSR count). The molecule has 1 atom stereocenters. The van der Waals surface area contributed by atoms with Gasteiger partial charge in [-0.15, -0.1) is 0 Å². The normalized spacial score (nSPS) is 11.7. The summed E-state index contributed by atoms with van der Waals surface area (Å²) < 4.78 is 24.5. The minimum atomic E-state index is -0.309. The Balaban J connectivity index is 1.48. The zero-order valence-corrected chi connectivity index (χ0v) is 21.7. The van der Waals surface area contributed by atoms with Crippen molar-refractivity contribution in [3.63, 3.8) is 0 Å². The van der Waals surface area contributed by atoms with E-state index in [4.69, 9.17) is 23.9 Å². The predicted molar refractivity (Wildman–Crippen MR) is 143 cm³/mol. The fraction of sp³-hybridized carbons (Fsp3) is 0.310. The van der Waals surface area contributed by atoms with Crippen LogP contribution in [0.3, 0.4) is 0 Å². The molecule has 0 saturated heterocycles. The van der Waals surface area contributed by atoms with Gasteiger partial charge in [0.05, 0.1) is 50.9 Å². The molecule has 0 spiro atoms. The maximum absolute atomic E-state index is 12.9. The molecule has 37 heavy (non-hydrogen) atoms. The zero-order valence-electron chi connectivity index (χ0n) is 21.7. The van der Waals surface area contributed by atoms with Gasteiger partial charge in [0, 0.05) is 0 Å². The molecule has 8 nitrogen and oxygen atoms in total. The third-order valence-electron chi connectivity index (χ3n) is 5.98. The second-order valence-corrected chi connectivity index (χ2v) is 8.49. The Hall–Kier alpha value is -4.20. The smallest absolute Gasteiger partial charge is 0.224 e. The number of hydrogen-bond donors (Lipinski definition) is 1. The van der Waals surface area contributed by atoms with E-state index in [-0.39, 0.29) is 18.4 Å². The number of nitrogens with zero attached hydrogens (tertiary/aromatic N) is 2. The Morgan fingerprint density at radius 2 is 1.62 bits per heavy atom. The van der Waals surface area contributed by atoms with Crippen LogP contribution in [0.5, 0.6) is 23.0 Å². The van der Waals surface area contributed by atoms with Crippen molar-refractivity contribution >= 4 is 16.9 Å². The summed E-state index contributed by atoms with van der Waals surface area (Å²) in [4.78, 5) is 17.7. The van der Waals surface area contributed by atoms with Crippen molar-refractivity contribution < 1.29 is 23.7 Å². The highest BCUT2D eigenvalue weighted by molar-refractivity contribution is 5.80. The maximum atomic E-state index is 12.9. The van der Waals surface area contributed by atoms with E-state index >= 15 is 0 Å². The molecule has 194 valence electrons. The average Bonchev–Trinajstić information content (AvgIpc) is 3.28. The molecule has 1 heterocycles. The molecule has 3 aromatic carbocycles. The molecule has 0 aliphatic rings. The van der Waals surface area contributed by atoms with Crippen LogP contribution in [-0.2, 0) is 17.8 Å². The van der Waals surface area contributed by atoms with E-state index in [0.717, 1.165) is 28.2 Å². The van der Waals surface area contributed by atoms with Crippen LogP contribution in [0.15, 0.2) is 66.7 Å². The van der Waals surface area contributed by atoms with Crippen molar-refractivity contribution in [3.8, 4) is 23.0 Å². The van der Waals surface area contributed by atoms with Crippen LogP contribution in [0.4, 0.5) is 0 Å². The lowest BCUT2D eigenvalue weighted by atomic mass is 10.1. The first-order chi connectivity index (χ1) is 18.0. The number of para-hydroxylation sites is 4. The topological polar surface area (TPSA) is 83.8 Å². The van der Waals surface area contributed by atoms with E-state index in [2.05, 4.69) is 9.88 Å². The van der Waals surface area contributed by atoms with Gasteiger partial charge in [-0.2, -0.15) is 0 Å². The Labute approximate surface area is 217 Å². The number of carbonyl (C=O) groups excluding carboxylic acids is 1. The highest BCUT2D eigenvalue weighted by Gasteiger charge is 2.19. The molecule has 0 fully saturated rings.